The molecular formula is C20H32IN5. The normalized spacial score (nSPS) is 11.4. The first-order valence-corrected chi connectivity index (χ1v) is 8.81. The minimum atomic E-state index is 0. The van der Waals surface area contributed by atoms with Gasteiger partial charge in [0.05, 0.1) is 13.1 Å². The number of aryl methyl sites for hydroxylation is 1. The zero-order chi connectivity index (χ0) is 18.2. The van der Waals surface area contributed by atoms with Gasteiger partial charge < -0.3 is 19.7 Å². The lowest BCUT2D eigenvalue weighted by molar-refractivity contribution is 0.402. The third-order valence-corrected chi connectivity index (χ3v) is 4.05. The molecule has 6 heteroatoms. The van der Waals surface area contributed by atoms with E-state index in [0.717, 1.165) is 25.6 Å². The van der Waals surface area contributed by atoms with Crippen molar-refractivity contribution in [3.63, 3.8) is 0 Å². The molecular weight excluding hydrogens is 437 g/mol. The van der Waals surface area contributed by atoms with Crippen LogP contribution in [-0.2, 0) is 26.7 Å². The first-order chi connectivity index (χ1) is 12.0. The van der Waals surface area contributed by atoms with Crippen molar-refractivity contribution >= 4 is 29.9 Å². The van der Waals surface area contributed by atoms with Crippen LogP contribution < -0.4 is 5.32 Å². The highest BCUT2D eigenvalue weighted by Crippen LogP contribution is 2.09. The maximum Gasteiger partial charge on any atom is 0.194 e. The van der Waals surface area contributed by atoms with Gasteiger partial charge in [-0.1, -0.05) is 24.3 Å². The maximum absolute atomic E-state index is 4.82. The number of benzene rings is 1. The molecule has 0 saturated heterocycles. The smallest absolute Gasteiger partial charge is 0.194 e. The average molecular weight is 469 g/mol. The first kappa shape index (κ1) is 22.5. The standard InChI is InChI=1S/C20H31N5.HI/c1-6-21-20(25(5)16-19-11-8-12-24(19)4)22-14-17-9-7-10-18(13-17)15-23(2)3;/h7-13H,6,14-16H2,1-5H3,(H,21,22);1H. The third kappa shape index (κ3) is 6.99. The summed E-state index contributed by atoms with van der Waals surface area (Å²) < 4.78 is 2.14. The molecule has 0 aliphatic rings. The minimum absolute atomic E-state index is 0. The summed E-state index contributed by atoms with van der Waals surface area (Å²) in [6.45, 7) is 5.42. The van der Waals surface area contributed by atoms with Crippen molar-refractivity contribution in [1.29, 1.82) is 0 Å². The number of rotatable bonds is 7. The van der Waals surface area contributed by atoms with Crippen molar-refractivity contribution in [2.75, 3.05) is 27.7 Å². The molecule has 0 radical (unpaired) electrons. The molecule has 2 aromatic rings. The molecule has 1 N–H and O–H groups in total. The monoisotopic (exact) mass is 469 g/mol. The molecule has 0 fully saturated rings. The molecule has 1 aromatic carbocycles. The summed E-state index contributed by atoms with van der Waals surface area (Å²) in [5.41, 5.74) is 3.82. The lowest BCUT2D eigenvalue weighted by atomic mass is 10.1. The van der Waals surface area contributed by atoms with E-state index in [2.05, 4.69) is 97.4 Å². The van der Waals surface area contributed by atoms with Gasteiger partial charge in [-0.05, 0) is 44.3 Å². The minimum Gasteiger partial charge on any atom is -0.357 e. The zero-order valence-electron chi connectivity index (χ0n) is 16.6. The van der Waals surface area contributed by atoms with E-state index in [1.54, 1.807) is 0 Å². The largest absolute Gasteiger partial charge is 0.357 e. The number of hydrogen-bond acceptors (Lipinski definition) is 2. The molecule has 0 saturated carbocycles. The van der Waals surface area contributed by atoms with E-state index < -0.39 is 0 Å². The quantitative estimate of drug-likeness (QED) is 0.384. The Bertz CT molecular complexity index is 693. The van der Waals surface area contributed by atoms with Crippen LogP contribution in [0.25, 0.3) is 0 Å². The van der Waals surface area contributed by atoms with E-state index in [1.165, 1.54) is 16.8 Å². The van der Waals surface area contributed by atoms with Gasteiger partial charge in [-0.25, -0.2) is 4.99 Å². The summed E-state index contributed by atoms with van der Waals surface area (Å²) in [4.78, 5) is 9.17. The number of aliphatic imine (C=N–C) groups is 1. The van der Waals surface area contributed by atoms with Crippen molar-refractivity contribution in [2.24, 2.45) is 12.0 Å². The Kier molecular flexibility index (Phi) is 9.72. The second-order valence-corrected chi connectivity index (χ2v) is 6.69. The number of aromatic nitrogens is 1. The molecule has 0 spiro atoms. The fourth-order valence-electron chi connectivity index (χ4n) is 2.81. The molecule has 1 heterocycles. The molecule has 0 aliphatic carbocycles. The van der Waals surface area contributed by atoms with E-state index in [9.17, 15) is 0 Å². The van der Waals surface area contributed by atoms with Gasteiger partial charge in [0.15, 0.2) is 5.96 Å². The Morgan fingerprint density at radius 2 is 1.81 bits per heavy atom. The van der Waals surface area contributed by atoms with Crippen molar-refractivity contribution in [3.05, 3.63) is 59.4 Å². The summed E-state index contributed by atoms with van der Waals surface area (Å²) in [6.07, 6.45) is 2.07. The molecule has 0 amide bonds. The number of guanidine groups is 1. The second kappa shape index (κ2) is 11.2. The maximum atomic E-state index is 4.82. The zero-order valence-corrected chi connectivity index (χ0v) is 18.9. The van der Waals surface area contributed by atoms with Gasteiger partial charge in [-0.3, -0.25) is 0 Å². The summed E-state index contributed by atoms with van der Waals surface area (Å²) in [5, 5.41) is 3.39. The molecule has 0 unspecified atom stereocenters. The number of nitrogens with zero attached hydrogens (tertiary/aromatic N) is 4. The van der Waals surface area contributed by atoms with Gasteiger partial charge >= 0.3 is 0 Å². The van der Waals surface area contributed by atoms with Gasteiger partial charge in [0.25, 0.3) is 0 Å². The van der Waals surface area contributed by atoms with Gasteiger partial charge in [0.1, 0.15) is 0 Å². The summed E-state index contributed by atoms with van der Waals surface area (Å²) in [7, 11) is 8.33. The molecule has 144 valence electrons. The Balaban J connectivity index is 0.00000338. The third-order valence-electron chi connectivity index (χ3n) is 4.05. The highest BCUT2D eigenvalue weighted by molar-refractivity contribution is 14.0. The molecule has 1 aromatic heterocycles. The van der Waals surface area contributed by atoms with Crippen LogP contribution in [0.1, 0.15) is 23.7 Å². The predicted octanol–water partition coefficient (Wildman–Crippen LogP) is 3.30. The summed E-state index contributed by atoms with van der Waals surface area (Å²) in [5.74, 6) is 0.932. The van der Waals surface area contributed by atoms with Crippen LogP contribution in [0.5, 0.6) is 0 Å². The van der Waals surface area contributed by atoms with E-state index in [4.69, 9.17) is 4.99 Å². The summed E-state index contributed by atoms with van der Waals surface area (Å²) >= 11 is 0. The van der Waals surface area contributed by atoms with Gasteiger partial charge in [-0.15, -0.1) is 24.0 Å². The molecule has 2 rings (SSSR count). The fourth-order valence-corrected chi connectivity index (χ4v) is 2.81. The Hall–Kier alpha value is -1.54. The highest BCUT2D eigenvalue weighted by atomic mass is 127. The van der Waals surface area contributed by atoms with Crippen LogP contribution in [0, 0.1) is 0 Å². The van der Waals surface area contributed by atoms with Crippen molar-refractivity contribution in [1.82, 2.24) is 19.7 Å². The van der Waals surface area contributed by atoms with Gasteiger partial charge in [-0.2, -0.15) is 0 Å². The average Bonchev–Trinajstić information content (AvgIpc) is 2.96. The number of nitrogens with one attached hydrogen (secondary N) is 1. The van der Waals surface area contributed by atoms with Crippen LogP contribution in [-0.4, -0.2) is 48.0 Å². The molecule has 0 atom stereocenters. The summed E-state index contributed by atoms with van der Waals surface area (Å²) in [6, 6.07) is 12.9. The Morgan fingerprint density at radius 1 is 1.08 bits per heavy atom. The Morgan fingerprint density at radius 3 is 2.42 bits per heavy atom. The SMILES string of the molecule is CCNC(=NCc1cccc(CN(C)C)c1)N(C)Cc1cccn1C.I. The van der Waals surface area contributed by atoms with Crippen LogP contribution in [0.4, 0.5) is 0 Å². The van der Waals surface area contributed by atoms with E-state index >= 15 is 0 Å². The van der Waals surface area contributed by atoms with Crippen molar-refractivity contribution in [2.45, 2.75) is 26.6 Å². The fraction of sp³-hybridized carbons (Fsp3) is 0.450. The lowest BCUT2D eigenvalue weighted by Gasteiger charge is -2.22. The molecule has 0 aliphatic heterocycles. The second-order valence-electron chi connectivity index (χ2n) is 6.69. The van der Waals surface area contributed by atoms with E-state index in [1.807, 2.05) is 0 Å². The highest BCUT2D eigenvalue weighted by Gasteiger charge is 2.08. The van der Waals surface area contributed by atoms with Crippen molar-refractivity contribution in [3.8, 4) is 0 Å². The van der Waals surface area contributed by atoms with Crippen molar-refractivity contribution < 1.29 is 0 Å². The molecule has 26 heavy (non-hydrogen) atoms. The topological polar surface area (TPSA) is 35.8 Å². The van der Waals surface area contributed by atoms with Crippen LogP contribution in [0.3, 0.4) is 0 Å². The van der Waals surface area contributed by atoms with E-state index in [-0.39, 0.29) is 24.0 Å². The first-order valence-electron chi connectivity index (χ1n) is 8.81. The predicted molar refractivity (Wildman–Crippen MR) is 121 cm³/mol. The van der Waals surface area contributed by atoms with E-state index in [0.29, 0.717) is 6.54 Å². The van der Waals surface area contributed by atoms with Gasteiger partial charge in [0.2, 0.25) is 0 Å². The number of hydrogen-bond donors (Lipinski definition) is 1. The van der Waals surface area contributed by atoms with Crippen LogP contribution in [0.2, 0.25) is 0 Å². The number of halogens is 1. The Labute approximate surface area is 175 Å². The molecule has 0 bridgehead atoms. The van der Waals surface area contributed by atoms with Crippen LogP contribution in [0.15, 0.2) is 47.6 Å². The van der Waals surface area contributed by atoms with Crippen LogP contribution >= 0.6 is 24.0 Å². The van der Waals surface area contributed by atoms with Gasteiger partial charge in [0, 0.05) is 39.1 Å². The lowest BCUT2D eigenvalue weighted by Crippen LogP contribution is -2.38. The molecule has 5 nitrogen and oxygen atoms in total.